The van der Waals surface area contributed by atoms with Gasteiger partial charge in [0.1, 0.15) is 5.82 Å². The van der Waals surface area contributed by atoms with E-state index in [1.165, 1.54) is 12.1 Å². The Bertz CT molecular complexity index is 643. The van der Waals surface area contributed by atoms with E-state index in [1.807, 2.05) is 0 Å². The highest BCUT2D eigenvalue weighted by atomic mass is 79.9. The maximum absolute atomic E-state index is 13.6. The summed E-state index contributed by atoms with van der Waals surface area (Å²) in [5.41, 5.74) is 0.615. The summed E-state index contributed by atoms with van der Waals surface area (Å²) in [5.74, 6) is -0.894. The lowest BCUT2D eigenvalue weighted by Gasteiger charge is -2.06. The minimum atomic E-state index is -0.550. The highest BCUT2D eigenvalue weighted by molar-refractivity contribution is 9.10. The summed E-state index contributed by atoms with van der Waals surface area (Å²) in [4.78, 5) is 12.1. The molecule has 2 aromatic carbocycles. The molecule has 5 heteroatoms. The summed E-state index contributed by atoms with van der Waals surface area (Å²) in [6.07, 6.45) is 0.00671. The Hall–Kier alpha value is -0.900. The fourth-order valence-electron chi connectivity index (χ4n) is 1.66. The molecular weight excluding hydrogens is 354 g/mol. The van der Waals surface area contributed by atoms with Gasteiger partial charge in [0, 0.05) is 10.9 Å². The van der Waals surface area contributed by atoms with Crippen molar-refractivity contribution in [3.63, 3.8) is 0 Å². The van der Waals surface area contributed by atoms with Gasteiger partial charge >= 0.3 is 0 Å². The summed E-state index contributed by atoms with van der Waals surface area (Å²) < 4.78 is 14.2. The van der Waals surface area contributed by atoms with Gasteiger partial charge in [-0.15, -0.1) is 0 Å². The first-order chi connectivity index (χ1) is 8.99. The lowest BCUT2D eigenvalue weighted by atomic mass is 10.0. The second kappa shape index (κ2) is 6.04. The van der Waals surface area contributed by atoms with Crippen molar-refractivity contribution in [2.75, 3.05) is 0 Å². The van der Waals surface area contributed by atoms with E-state index < -0.39 is 5.82 Å². The third-order valence-corrected chi connectivity index (χ3v) is 3.96. The largest absolute Gasteiger partial charge is 0.294 e. The van der Waals surface area contributed by atoms with Crippen LogP contribution in [0.1, 0.15) is 15.9 Å². The number of carbonyl (C=O) groups is 1. The lowest BCUT2D eigenvalue weighted by Crippen LogP contribution is -2.06. The molecule has 0 unspecified atom stereocenters. The van der Waals surface area contributed by atoms with Crippen LogP contribution in [0.3, 0.4) is 0 Å². The quantitative estimate of drug-likeness (QED) is 0.676. The van der Waals surface area contributed by atoms with E-state index in [4.69, 9.17) is 23.2 Å². The average molecular weight is 362 g/mol. The van der Waals surface area contributed by atoms with E-state index in [1.54, 1.807) is 24.3 Å². The Labute approximate surface area is 128 Å². The first-order valence-electron chi connectivity index (χ1n) is 5.40. The first-order valence-corrected chi connectivity index (χ1v) is 6.95. The SMILES string of the molecule is O=C(Cc1cccc(Cl)c1Cl)c1cc(Br)ccc1F. The number of rotatable bonds is 3. The first kappa shape index (κ1) is 14.5. The Balaban J connectivity index is 2.31. The van der Waals surface area contributed by atoms with Gasteiger partial charge in [-0.1, -0.05) is 51.3 Å². The summed E-state index contributed by atoms with van der Waals surface area (Å²) in [7, 11) is 0. The summed E-state index contributed by atoms with van der Waals surface area (Å²) >= 11 is 15.1. The average Bonchev–Trinajstić information content (AvgIpc) is 2.38. The summed E-state index contributed by atoms with van der Waals surface area (Å²) in [6, 6.07) is 9.28. The number of halogens is 4. The van der Waals surface area contributed by atoms with Crippen molar-refractivity contribution in [2.24, 2.45) is 0 Å². The Morgan fingerprint density at radius 1 is 1.21 bits per heavy atom. The van der Waals surface area contributed by atoms with Gasteiger partial charge in [0.05, 0.1) is 15.6 Å². The zero-order valence-electron chi connectivity index (χ0n) is 9.59. The van der Waals surface area contributed by atoms with Crippen LogP contribution in [-0.4, -0.2) is 5.78 Å². The number of hydrogen-bond acceptors (Lipinski definition) is 1. The highest BCUT2D eigenvalue weighted by Gasteiger charge is 2.15. The van der Waals surface area contributed by atoms with Gasteiger partial charge in [0.2, 0.25) is 0 Å². The Morgan fingerprint density at radius 3 is 2.68 bits per heavy atom. The fourth-order valence-corrected chi connectivity index (χ4v) is 2.41. The predicted molar refractivity (Wildman–Crippen MR) is 78.6 cm³/mol. The minimum absolute atomic E-state index is 0.00671. The Kier molecular flexibility index (Phi) is 4.61. The van der Waals surface area contributed by atoms with Gasteiger partial charge < -0.3 is 0 Å². The maximum atomic E-state index is 13.6. The zero-order valence-corrected chi connectivity index (χ0v) is 12.7. The molecule has 2 aromatic rings. The van der Waals surface area contributed by atoms with Gasteiger partial charge in [0.25, 0.3) is 0 Å². The van der Waals surface area contributed by atoms with Crippen molar-refractivity contribution in [3.8, 4) is 0 Å². The molecule has 0 radical (unpaired) electrons. The van der Waals surface area contributed by atoms with Gasteiger partial charge in [-0.25, -0.2) is 4.39 Å². The van der Waals surface area contributed by atoms with Gasteiger partial charge in [-0.3, -0.25) is 4.79 Å². The molecule has 0 atom stereocenters. The number of carbonyl (C=O) groups excluding carboxylic acids is 1. The number of Topliss-reactive ketones (excluding diaryl/α,β-unsaturated/α-hetero) is 1. The lowest BCUT2D eigenvalue weighted by molar-refractivity contribution is 0.0989. The molecule has 0 aromatic heterocycles. The molecule has 0 aliphatic carbocycles. The van der Waals surface area contributed by atoms with Crippen LogP contribution >= 0.6 is 39.1 Å². The molecule has 98 valence electrons. The van der Waals surface area contributed by atoms with Gasteiger partial charge in [-0.2, -0.15) is 0 Å². The molecule has 0 spiro atoms. The molecule has 0 bridgehead atoms. The van der Waals surface area contributed by atoms with E-state index >= 15 is 0 Å². The van der Waals surface area contributed by atoms with E-state index in [9.17, 15) is 9.18 Å². The summed E-state index contributed by atoms with van der Waals surface area (Å²) in [5, 5.41) is 0.703. The second-order valence-corrected chi connectivity index (χ2v) is 5.64. The van der Waals surface area contributed by atoms with Crippen molar-refractivity contribution < 1.29 is 9.18 Å². The Morgan fingerprint density at radius 2 is 1.95 bits per heavy atom. The van der Waals surface area contributed by atoms with Crippen LogP contribution in [0, 0.1) is 5.82 Å². The number of ketones is 1. The summed E-state index contributed by atoms with van der Waals surface area (Å²) in [6.45, 7) is 0. The van der Waals surface area contributed by atoms with Crippen molar-refractivity contribution in [3.05, 3.63) is 67.9 Å². The molecule has 0 aliphatic heterocycles. The maximum Gasteiger partial charge on any atom is 0.170 e. The van der Waals surface area contributed by atoms with Crippen molar-refractivity contribution in [2.45, 2.75) is 6.42 Å². The van der Waals surface area contributed by atoms with Crippen LogP contribution in [0.4, 0.5) is 4.39 Å². The topological polar surface area (TPSA) is 17.1 Å². The van der Waals surface area contributed by atoms with Crippen LogP contribution < -0.4 is 0 Å². The van der Waals surface area contributed by atoms with E-state index in [0.717, 1.165) is 0 Å². The molecule has 0 N–H and O–H groups in total. The number of benzene rings is 2. The molecule has 0 saturated carbocycles. The van der Waals surface area contributed by atoms with E-state index in [2.05, 4.69) is 15.9 Å². The standard InChI is InChI=1S/C14H8BrCl2FO/c15-9-4-5-12(18)10(7-9)13(19)6-8-2-1-3-11(16)14(8)17/h1-5,7H,6H2. The molecule has 19 heavy (non-hydrogen) atoms. The number of hydrogen-bond donors (Lipinski definition) is 0. The fraction of sp³-hybridized carbons (Fsp3) is 0.0714. The third-order valence-electron chi connectivity index (χ3n) is 2.61. The van der Waals surface area contributed by atoms with E-state index in [0.29, 0.717) is 20.1 Å². The van der Waals surface area contributed by atoms with Crippen LogP contribution in [0.25, 0.3) is 0 Å². The monoisotopic (exact) mass is 360 g/mol. The second-order valence-electron chi connectivity index (χ2n) is 3.94. The molecule has 0 aliphatic rings. The van der Waals surface area contributed by atoms with Crippen LogP contribution in [0.5, 0.6) is 0 Å². The van der Waals surface area contributed by atoms with Gasteiger partial charge in [-0.05, 0) is 29.8 Å². The zero-order chi connectivity index (χ0) is 14.0. The van der Waals surface area contributed by atoms with Crippen molar-refractivity contribution in [1.82, 2.24) is 0 Å². The molecular formula is C14H8BrCl2FO. The van der Waals surface area contributed by atoms with Crippen LogP contribution in [0.2, 0.25) is 10.0 Å². The van der Waals surface area contributed by atoms with Crippen molar-refractivity contribution in [1.29, 1.82) is 0 Å². The molecule has 2 rings (SSSR count). The molecule has 0 saturated heterocycles. The van der Waals surface area contributed by atoms with Crippen molar-refractivity contribution >= 4 is 44.9 Å². The molecule has 0 fully saturated rings. The smallest absolute Gasteiger partial charge is 0.170 e. The molecule has 1 nitrogen and oxygen atoms in total. The molecule has 0 heterocycles. The molecule has 0 amide bonds. The third kappa shape index (κ3) is 3.35. The van der Waals surface area contributed by atoms with E-state index in [-0.39, 0.29) is 17.8 Å². The minimum Gasteiger partial charge on any atom is -0.294 e. The predicted octanol–water partition coefficient (Wildman–Crippen LogP) is 5.32. The van der Waals surface area contributed by atoms with Gasteiger partial charge in [0.15, 0.2) is 5.78 Å². The van der Waals surface area contributed by atoms with Crippen LogP contribution in [-0.2, 0) is 6.42 Å². The normalized spacial score (nSPS) is 10.5. The highest BCUT2D eigenvalue weighted by Crippen LogP contribution is 2.27. The van der Waals surface area contributed by atoms with Crippen LogP contribution in [0.15, 0.2) is 40.9 Å².